The van der Waals surface area contributed by atoms with E-state index in [0.29, 0.717) is 31.8 Å². The number of benzene rings is 1. The SMILES string of the molecule is O=C1CCN(Cc2ccc3c(c2)OCCO3)CC1. The maximum Gasteiger partial charge on any atom is 0.161 e. The largest absolute Gasteiger partial charge is 0.486 e. The third-order valence-electron chi connectivity index (χ3n) is 3.43. The molecule has 1 aromatic carbocycles. The van der Waals surface area contributed by atoms with E-state index in [1.807, 2.05) is 12.1 Å². The van der Waals surface area contributed by atoms with Crippen molar-refractivity contribution in [3.63, 3.8) is 0 Å². The molecule has 1 aromatic rings. The molecule has 18 heavy (non-hydrogen) atoms. The Morgan fingerprint density at radius 3 is 2.56 bits per heavy atom. The summed E-state index contributed by atoms with van der Waals surface area (Å²) in [7, 11) is 0. The van der Waals surface area contributed by atoms with Crippen molar-refractivity contribution < 1.29 is 14.3 Å². The maximum atomic E-state index is 11.2. The number of likely N-dealkylation sites (tertiary alicyclic amines) is 1. The normalized spacial score (nSPS) is 19.9. The van der Waals surface area contributed by atoms with Gasteiger partial charge in [0.15, 0.2) is 11.5 Å². The van der Waals surface area contributed by atoms with Crippen LogP contribution in [0.1, 0.15) is 18.4 Å². The highest BCUT2D eigenvalue weighted by molar-refractivity contribution is 5.79. The van der Waals surface area contributed by atoms with Crippen LogP contribution in [0.5, 0.6) is 11.5 Å². The fraction of sp³-hybridized carbons (Fsp3) is 0.500. The quantitative estimate of drug-likeness (QED) is 0.796. The number of ether oxygens (including phenoxy) is 2. The first-order chi connectivity index (χ1) is 8.81. The van der Waals surface area contributed by atoms with Crippen molar-refractivity contribution in [1.82, 2.24) is 4.90 Å². The van der Waals surface area contributed by atoms with Gasteiger partial charge in [0.05, 0.1) is 0 Å². The van der Waals surface area contributed by atoms with Gasteiger partial charge in [-0.05, 0) is 17.7 Å². The lowest BCUT2D eigenvalue weighted by molar-refractivity contribution is -0.121. The molecule has 2 aliphatic rings. The molecule has 0 spiro atoms. The van der Waals surface area contributed by atoms with Crippen LogP contribution in [-0.2, 0) is 11.3 Å². The molecular formula is C14H17NO3. The van der Waals surface area contributed by atoms with Gasteiger partial charge >= 0.3 is 0 Å². The number of Topliss-reactive ketones (excluding diaryl/α,β-unsaturated/α-hetero) is 1. The Kier molecular flexibility index (Phi) is 3.19. The summed E-state index contributed by atoms with van der Waals surface area (Å²) in [6.45, 7) is 3.86. The number of carbonyl (C=O) groups is 1. The van der Waals surface area contributed by atoms with Gasteiger partial charge in [-0.25, -0.2) is 0 Å². The first kappa shape index (κ1) is 11.5. The second-order valence-electron chi connectivity index (χ2n) is 4.79. The summed E-state index contributed by atoms with van der Waals surface area (Å²) in [5.74, 6) is 2.05. The average Bonchev–Trinajstić information content (AvgIpc) is 2.41. The van der Waals surface area contributed by atoms with E-state index >= 15 is 0 Å². The van der Waals surface area contributed by atoms with E-state index in [-0.39, 0.29) is 0 Å². The molecule has 0 aliphatic carbocycles. The number of hydrogen-bond acceptors (Lipinski definition) is 4. The van der Waals surface area contributed by atoms with Gasteiger partial charge in [-0.15, -0.1) is 0 Å². The monoisotopic (exact) mass is 247 g/mol. The van der Waals surface area contributed by atoms with Gasteiger partial charge in [0.2, 0.25) is 0 Å². The number of hydrogen-bond donors (Lipinski definition) is 0. The molecule has 2 aliphatic heterocycles. The van der Waals surface area contributed by atoms with Crippen LogP contribution >= 0.6 is 0 Å². The van der Waals surface area contributed by atoms with Crippen molar-refractivity contribution in [1.29, 1.82) is 0 Å². The van der Waals surface area contributed by atoms with Crippen LogP contribution in [0.3, 0.4) is 0 Å². The van der Waals surface area contributed by atoms with Gasteiger partial charge < -0.3 is 9.47 Å². The fourth-order valence-electron chi connectivity index (χ4n) is 2.40. The van der Waals surface area contributed by atoms with E-state index in [1.54, 1.807) is 0 Å². The Labute approximate surface area is 106 Å². The second-order valence-corrected chi connectivity index (χ2v) is 4.79. The van der Waals surface area contributed by atoms with Crippen LogP contribution < -0.4 is 9.47 Å². The summed E-state index contributed by atoms with van der Waals surface area (Å²) in [6.07, 6.45) is 1.37. The summed E-state index contributed by atoms with van der Waals surface area (Å²) in [6, 6.07) is 6.09. The van der Waals surface area contributed by atoms with Crippen molar-refractivity contribution in [2.45, 2.75) is 19.4 Å². The molecule has 4 nitrogen and oxygen atoms in total. The Balaban J connectivity index is 1.67. The predicted octanol–water partition coefficient (Wildman–Crippen LogP) is 1.62. The van der Waals surface area contributed by atoms with Gasteiger partial charge in [-0.3, -0.25) is 9.69 Å². The Morgan fingerprint density at radius 1 is 1.06 bits per heavy atom. The molecular weight excluding hydrogens is 230 g/mol. The standard InChI is InChI=1S/C14H17NO3/c16-12-3-5-15(6-4-12)10-11-1-2-13-14(9-11)18-8-7-17-13/h1-2,9H,3-8,10H2. The zero-order valence-corrected chi connectivity index (χ0v) is 10.4. The number of ketones is 1. The van der Waals surface area contributed by atoms with E-state index in [0.717, 1.165) is 31.1 Å². The molecule has 0 N–H and O–H groups in total. The topological polar surface area (TPSA) is 38.8 Å². The molecule has 0 amide bonds. The highest BCUT2D eigenvalue weighted by Gasteiger charge is 2.17. The predicted molar refractivity (Wildman–Crippen MR) is 67.0 cm³/mol. The molecule has 1 saturated heterocycles. The van der Waals surface area contributed by atoms with Crippen LogP contribution in [0.4, 0.5) is 0 Å². The summed E-state index contributed by atoms with van der Waals surface area (Å²) < 4.78 is 11.1. The molecule has 0 bridgehead atoms. The fourth-order valence-corrected chi connectivity index (χ4v) is 2.40. The zero-order chi connectivity index (χ0) is 12.4. The van der Waals surface area contributed by atoms with Gasteiger partial charge in [-0.1, -0.05) is 6.07 Å². The lowest BCUT2D eigenvalue weighted by atomic mass is 10.1. The van der Waals surface area contributed by atoms with Crippen LogP contribution in [0.15, 0.2) is 18.2 Å². The number of carbonyl (C=O) groups excluding carboxylic acids is 1. The van der Waals surface area contributed by atoms with E-state index in [9.17, 15) is 4.79 Å². The Hall–Kier alpha value is -1.55. The molecule has 3 rings (SSSR count). The summed E-state index contributed by atoms with van der Waals surface area (Å²) in [5.41, 5.74) is 1.22. The van der Waals surface area contributed by atoms with Gasteiger partial charge in [0.1, 0.15) is 19.0 Å². The lowest BCUT2D eigenvalue weighted by Crippen LogP contribution is -2.33. The summed E-state index contributed by atoms with van der Waals surface area (Å²) >= 11 is 0. The van der Waals surface area contributed by atoms with E-state index in [2.05, 4.69) is 11.0 Å². The summed E-state index contributed by atoms with van der Waals surface area (Å²) in [4.78, 5) is 13.5. The van der Waals surface area contributed by atoms with Gasteiger partial charge in [0, 0.05) is 32.5 Å². The van der Waals surface area contributed by atoms with Gasteiger partial charge in [0.25, 0.3) is 0 Å². The first-order valence-electron chi connectivity index (χ1n) is 6.44. The third kappa shape index (κ3) is 2.48. The molecule has 0 saturated carbocycles. The highest BCUT2D eigenvalue weighted by Crippen LogP contribution is 2.31. The second kappa shape index (κ2) is 4.98. The average molecular weight is 247 g/mol. The molecule has 0 radical (unpaired) electrons. The van der Waals surface area contributed by atoms with E-state index < -0.39 is 0 Å². The minimum atomic E-state index is 0.383. The first-order valence-corrected chi connectivity index (χ1v) is 6.44. The number of rotatable bonds is 2. The minimum absolute atomic E-state index is 0.383. The molecule has 2 heterocycles. The lowest BCUT2D eigenvalue weighted by Gasteiger charge is -2.26. The minimum Gasteiger partial charge on any atom is -0.486 e. The molecule has 4 heteroatoms. The van der Waals surface area contributed by atoms with Crippen LogP contribution in [-0.4, -0.2) is 37.0 Å². The Bertz CT molecular complexity index is 448. The third-order valence-corrected chi connectivity index (χ3v) is 3.43. The molecule has 1 fully saturated rings. The summed E-state index contributed by atoms with van der Waals surface area (Å²) in [5, 5.41) is 0. The molecule has 96 valence electrons. The van der Waals surface area contributed by atoms with Crippen molar-refractivity contribution in [3.05, 3.63) is 23.8 Å². The molecule has 0 aromatic heterocycles. The van der Waals surface area contributed by atoms with Crippen LogP contribution in [0, 0.1) is 0 Å². The smallest absolute Gasteiger partial charge is 0.161 e. The number of nitrogens with zero attached hydrogens (tertiary/aromatic N) is 1. The van der Waals surface area contributed by atoms with Gasteiger partial charge in [-0.2, -0.15) is 0 Å². The number of piperidine rings is 1. The maximum absolute atomic E-state index is 11.2. The zero-order valence-electron chi connectivity index (χ0n) is 10.4. The van der Waals surface area contributed by atoms with Crippen LogP contribution in [0.25, 0.3) is 0 Å². The van der Waals surface area contributed by atoms with Crippen molar-refractivity contribution in [2.24, 2.45) is 0 Å². The number of fused-ring (bicyclic) bond motifs is 1. The molecule has 0 atom stereocenters. The van der Waals surface area contributed by atoms with Crippen molar-refractivity contribution in [3.8, 4) is 11.5 Å². The van der Waals surface area contributed by atoms with E-state index in [1.165, 1.54) is 5.56 Å². The molecule has 0 unspecified atom stereocenters. The van der Waals surface area contributed by atoms with Crippen molar-refractivity contribution in [2.75, 3.05) is 26.3 Å². The highest BCUT2D eigenvalue weighted by atomic mass is 16.6. The van der Waals surface area contributed by atoms with E-state index in [4.69, 9.17) is 9.47 Å². The van der Waals surface area contributed by atoms with Crippen LogP contribution in [0.2, 0.25) is 0 Å². The Morgan fingerprint density at radius 2 is 1.78 bits per heavy atom. The van der Waals surface area contributed by atoms with Crippen molar-refractivity contribution >= 4 is 5.78 Å².